The molecule has 2 aromatic carbocycles. The zero-order valence-electron chi connectivity index (χ0n) is 12.8. The summed E-state index contributed by atoms with van der Waals surface area (Å²) in [4.78, 5) is 35.8. The van der Waals surface area contributed by atoms with E-state index >= 15 is 0 Å². The zero-order chi connectivity index (χ0) is 18.0. The number of nitrogens with zero attached hydrogens (tertiary/aromatic N) is 2. The molecule has 0 bridgehead atoms. The minimum Gasteiger partial charge on any atom is -0.423 e. The van der Waals surface area contributed by atoms with Crippen LogP contribution in [-0.4, -0.2) is 29.9 Å². The summed E-state index contributed by atoms with van der Waals surface area (Å²) in [6.07, 6.45) is 0. The molecule has 9 heteroatoms. The van der Waals surface area contributed by atoms with E-state index in [1.807, 2.05) is 6.07 Å². The van der Waals surface area contributed by atoms with Gasteiger partial charge in [0.1, 0.15) is 6.54 Å². The van der Waals surface area contributed by atoms with Crippen molar-refractivity contribution < 1.29 is 19.2 Å². The Hall–Kier alpha value is -2.94. The number of rotatable bonds is 4. The molecule has 3 rings (SSSR count). The van der Waals surface area contributed by atoms with Crippen molar-refractivity contribution in [3.05, 3.63) is 57.1 Å². The van der Waals surface area contributed by atoms with E-state index in [0.717, 1.165) is 4.47 Å². The minimum absolute atomic E-state index is 0.0686. The highest BCUT2D eigenvalue weighted by Gasteiger charge is 2.27. The Kier molecular flexibility index (Phi) is 4.66. The van der Waals surface area contributed by atoms with Crippen LogP contribution in [0.4, 0.5) is 17.1 Å². The number of non-ortho nitro benzene ring substituents is 1. The maximum absolute atomic E-state index is 12.3. The predicted molar refractivity (Wildman–Crippen MR) is 93.7 cm³/mol. The molecule has 2 aromatic rings. The average Bonchev–Trinajstić information content (AvgIpc) is 2.56. The number of nitrogens with one attached hydrogen (secondary N) is 1. The lowest BCUT2D eigenvalue weighted by Crippen LogP contribution is -2.41. The van der Waals surface area contributed by atoms with Gasteiger partial charge in [-0.15, -0.1) is 0 Å². The van der Waals surface area contributed by atoms with E-state index in [9.17, 15) is 19.7 Å². The Bertz CT molecular complexity index is 871. The number of para-hydroxylation sites is 1. The van der Waals surface area contributed by atoms with Gasteiger partial charge in [0.25, 0.3) is 5.69 Å². The fraction of sp³-hybridized carbons (Fsp3) is 0.125. The van der Waals surface area contributed by atoms with Crippen LogP contribution in [-0.2, 0) is 9.59 Å². The van der Waals surface area contributed by atoms with E-state index < -0.39 is 10.9 Å². The Morgan fingerprint density at radius 1 is 1.32 bits per heavy atom. The molecule has 128 valence electrons. The van der Waals surface area contributed by atoms with Gasteiger partial charge in [0.15, 0.2) is 5.75 Å². The molecule has 0 aromatic heterocycles. The van der Waals surface area contributed by atoms with E-state index in [2.05, 4.69) is 21.2 Å². The van der Waals surface area contributed by atoms with Crippen molar-refractivity contribution in [1.82, 2.24) is 0 Å². The van der Waals surface area contributed by atoms with Crippen molar-refractivity contribution in [3.63, 3.8) is 0 Å². The molecule has 0 fully saturated rings. The molecule has 8 nitrogen and oxygen atoms in total. The number of carbonyl (C=O) groups is 2. The summed E-state index contributed by atoms with van der Waals surface area (Å²) < 4.78 is 5.78. The van der Waals surface area contributed by atoms with Gasteiger partial charge in [-0.3, -0.25) is 14.9 Å². The van der Waals surface area contributed by atoms with Crippen molar-refractivity contribution in [2.75, 3.05) is 23.3 Å². The molecule has 1 heterocycles. The van der Waals surface area contributed by atoms with E-state index in [1.54, 1.807) is 18.2 Å². The van der Waals surface area contributed by atoms with Crippen LogP contribution < -0.4 is 15.0 Å². The Morgan fingerprint density at radius 3 is 2.80 bits per heavy atom. The van der Waals surface area contributed by atoms with Crippen molar-refractivity contribution in [2.24, 2.45) is 0 Å². The smallest absolute Gasteiger partial charge is 0.331 e. The molecule has 0 saturated heterocycles. The highest BCUT2D eigenvalue weighted by molar-refractivity contribution is 9.10. The van der Waals surface area contributed by atoms with Gasteiger partial charge >= 0.3 is 5.97 Å². The number of hydrogen-bond acceptors (Lipinski definition) is 6. The number of nitro groups is 1. The van der Waals surface area contributed by atoms with E-state index in [-0.39, 0.29) is 30.4 Å². The van der Waals surface area contributed by atoms with Crippen LogP contribution in [0.15, 0.2) is 46.9 Å². The summed E-state index contributed by atoms with van der Waals surface area (Å²) in [5, 5.41) is 13.6. The Balaban J connectivity index is 1.79. The monoisotopic (exact) mass is 405 g/mol. The van der Waals surface area contributed by atoms with Crippen LogP contribution in [0.25, 0.3) is 0 Å². The number of carbonyl (C=O) groups excluding carboxylic acids is 2. The van der Waals surface area contributed by atoms with Crippen molar-refractivity contribution >= 4 is 44.9 Å². The van der Waals surface area contributed by atoms with Gasteiger partial charge in [-0.05, 0) is 34.1 Å². The molecular weight excluding hydrogens is 394 g/mol. The highest BCUT2D eigenvalue weighted by atomic mass is 79.9. The topological polar surface area (TPSA) is 102 Å². The second-order valence-electron chi connectivity index (χ2n) is 5.27. The van der Waals surface area contributed by atoms with Gasteiger partial charge < -0.3 is 15.0 Å². The summed E-state index contributed by atoms with van der Waals surface area (Å²) in [5.41, 5.74) is 0.870. The maximum Gasteiger partial charge on any atom is 0.331 e. The van der Waals surface area contributed by atoms with E-state index in [0.29, 0.717) is 11.4 Å². The molecule has 0 aliphatic carbocycles. The quantitative estimate of drug-likeness (QED) is 0.363. The summed E-state index contributed by atoms with van der Waals surface area (Å²) in [6.45, 7) is -0.213. The van der Waals surface area contributed by atoms with Gasteiger partial charge in [-0.2, -0.15) is 0 Å². The number of hydrogen-bond donors (Lipinski definition) is 1. The molecular formula is C16H12BrN3O5. The molecule has 1 N–H and O–H groups in total. The summed E-state index contributed by atoms with van der Waals surface area (Å²) >= 11 is 3.34. The molecule has 1 aliphatic rings. The molecule has 0 spiro atoms. The van der Waals surface area contributed by atoms with E-state index in [1.165, 1.54) is 23.1 Å². The first kappa shape index (κ1) is 16.9. The third-order valence-corrected chi connectivity index (χ3v) is 4.21. The fourth-order valence-electron chi connectivity index (χ4n) is 2.42. The van der Waals surface area contributed by atoms with Crippen LogP contribution >= 0.6 is 15.9 Å². The predicted octanol–water partition coefficient (Wildman–Crippen LogP) is 2.72. The Labute approximate surface area is 150 Å². The molecule has 1 amide bonds. The van der Waals surface area contributed by atoms with Gasteiger partial charge in [0.2, 0.25) is 5.91 Å². The fourth-order valence-corrected chi connectivity index (χ4v) is 2.81. The second-order valence-corrected chi connectivity index (χ2v) is 6.12. The average molecular weight is 406 g/mol. The van der Waals surface area contributed by atoms with Crippen molar-refractivity contribution in [2.45, 2.75) is 0 Å². The molecule has 25 heavy (non-hydrogen) atoms. The SMILES string of the molecule is O=C(CN1CC(=O)Oc2cc([N+](=O)[O-])ccc21)Nc1ccccc1Br. The molecule has 0 unspecified atom stereocenters. The third-order valence-electron chi connectivity index (χ3n) is 3.52. The lowest BCUT2D eigenvalue weighted by molar-refractivity contribution is -0.384. The number of halogens is 1. The number of amides is 1. The van der Waals surface area contributed by atoms with Gasteiger partial charge in [-0.25, -0.2) is 4.79 Å². The standard InChI is InChI=1S/C16H12BrN3O5/c17-11-3-1-2-4-12(11)18-15(21)8-19-9-16(22)25-14-7-10(20(23)24)5-6-13(14)19/h1-7H,8-9H2,(H,18,21). The number of esters is 1. The first-order valence-electron chi connectivity index (χ1n) is 7.22. The van der Waals surface area contributed by atoms with Crippen LogP contribution in [0, 0.1) is 10.1 Å². The largest absolute Gasteiger partial charge is 0.423 e. The first-order chi connectivity index (χ1) is 11.9. The molecule has 0 radical (unpaired) electrons. The van der Waals surface area contributed by atoms with Crippen molar-refractivity contribution in [3.8, 4) is 5.75 Å². The Morgan fingerprint density at radius 2 is 2.08 bits per heavy atom. The van der Waals surface area contributed by atoms with Gasteiger partial charge in [-0.1, -0.05) is 12.1 Å². The van der Waals surface area contributed by atoms with Gasteiger partial charge in [0.05, 0.1) is 28.9 Å². The first-order valence-corrected chi connectivity index (χ1v) is 8.02. The number of anilines is 2. The highest BCUT2D eigenvalue weighted by Crippen LogP contribution is 2.35. The zero-order valence-corrected chi connectivity index (χ0v) is 14.4. The van der Waals surface area contributed by atoms with Crippen LogP contribution in [0.1, 0.15) is 0 Å². The van der Waals surface area contributed by atoms with E-state index in [4.69, 9.17) is 4.74 Å². The number of fused-ring (bicyclic) bond motifs is 1. The lowest BCUT2D eigenvalue weighted by Gasteiger charge is -2.29. The summed E-state index contributed by atoms with van der Waals surface area (Å²) in [7, 11) is 0. The second kappa shape index (κ2) is 6.89. The number of benzene rings is 2. The summed E-state index contributed by atoms with van der Waals surface area (Å²) in [6, 6.07) is 11.1. The summed E-state index contributed by atoms with van der Waals surface area (Å²) in [5.74, 6) is -0.841. The minimum atomic E-state index is -0.582. The molecule has 1 aliphatic heterocycles. The van der Waals surface area contributed by atoms with Crippen LogP contribution in [0.3, 0.4) is 0 Å². The third kappa shape index (κ3) is 3.77. The molecule has 0 atom stereocenters. The number of nitro benzene ring substituents is 1. The van der Waals surface area contributed by atoms with Crippen molar-refractivity contribution in [1.29, 1.82) is 0 Å². The lowest BCUT2D eigenvalue weighted by atomic mass is 10.2. The molecule has 0 saturated carbocycles. The van der Waals surface area contributed by atoms with Crippen LogP contribution in [0.2, 0.25) is 0 Å². The maximum atomic E-state index is 12.3. The van der Waals surface area contributed by atoms with Gasteiger partial charge in [0, 0.05) is 10.5 Å². The number of ether oxygens (including phenoxy) is 1. The normalized spacial score (nSPS) is 13.0. The van der Waals surface area contributed by atoms with Crippen LogP contribution in [0.5, 0.6) is 5.75 Å².